The summed E-state index contributed by atoms with van der Waals surface area (Å²) in [6, 6.07) is 14.1. The Hall–Kier alpha value is -3.65. The van der Waals surface area contributed by atoms with E-state index in [1.54, 1.807) is 25.3 Å². The van der Waals surface area contributed by atoms with Gasteiger partial charge in [0.25, 0.3) is 0 Å². The molecule has 0 fully saturated rings. The number of allylic oxidation sites excluding steroid dienone is 1. The molecule has 5 nitrogen and oxygen atoms in total. The number of carboxylic acid groups (broad SMARTS) is 1. The molecular formula is C33H34F3NO4. The molecule has 5 rings (SSSR count). The van der Waals surface area contributed by atoms with Crippen LogP contribution in [-0.4, -0.2) is 23.2 Å². The SMILES string of the molecule is CO[C@H](c1cc(COc2ccc3c(c2)[C@]2(C=C[C@@H]2C(=O)O)CCC3)ccc1-c1ccnc(C(F)(F)F)c1)C(C)(C)C. The van der Waals surface area contributed by atoms with Crippen LogP contribution >= 0.6 is 0 Å². The van der Waals surface area contributed by atoms with Crippen molar-refractivity contribution in [3.8, 4) is 16.9 Å². The number of hydrogen-bond acceptors (Lipinski definition) is 4. The fraction of sp³-hybridized carbons (Fsp3) is 0.394. The van der Waals surface area contributed by atoms with Crippen LogP contribution in [0.2, 0.25) is 0 Å². The summed E-state index contributed by atoms with van der Waals surface area (Å²) in [5, 5.41) is 9.75. The van der Waals surface area contributed by atoms with Crippen molar-refractivity contribution in [3.63, 3.8) is 0 Å². The molecule has 1 spiro atoms. The largest absolute Gasteiger partial charge is 0.489 e. The van der Waals surface area contributed by atoms with E-state index >= 15 is 0 Å². The van der Waals surface area contributed by atoms with Crippen molar-refractivity contribution in [1.82, 2.24) is 4.98 Å². The molecular weight excluding hydrogens is 531 g/mol. The third-order valence-electron chi connectivity index (χ3n) is 8.21. The fourth-order valence-electron chi connectivity index (χ4n) is 6.27. The molecule has 0 saturated carbocycles. The first kappa shape index (κ1) is 28.9. The monoisotopic (exact) mass is 565 g/mol. The number of carboxylic acids is 1. The Morgan fingerprint density at radius 3 is 2.54 bits per heavy atom. The third-order valence-corrected chi connectivity index (χ3v) is 8.21. The van der Waals surface area contributed by atoms with Gasteiger partial charge in [0.2, 0.25) is 0 Å². The molecule has 0 bridgehead atoms. The number of ether oxygens (including phenoxy) is 2. The van der Waals surface area contributed by atoms with E-state index in [2.05, 4.69) is 4.98 Å². The van der Waals surface area contributed by atoms with Gasteiger partial charge in [0.1, 0.15) is 18.1 Å². The predicted octanol–water partition coefficient (Wildman–Crippen LogP) is 7.92. The van der Waals surface area contributed by atoms with E-state index in [1.165, 1.54) is 6.20 Å². The van der Waals surface area contributed by atoms with Gasteiger partial charge in [-0.2, -0.15) is 13.2 Å². The van der Waals surface area contributed by atoms with Crippen LogP contribution in [0.3, 0.4) is 0 Å². The molecule has 0 saturated heterocycles. The third kappa shape index (κ3) is 5.49. The summed E-state index contributed by atoms with van der Waals surface area (Å²) in [6.07, 6.45) is 2.62. The van der Waals surface area contributed by atoms with E-state index in [0.29, 0.717) is 16.9 Å². The number of hydrogen-bond donors (Lipinski definition) is 1. The van der Waals surface area contributed by atoms with Crippen molar-refractivity contribution >= 4 is 5.97 Å². The summed E-state index contributed by atoms with van der Waals surface area (Å²) in [7, 11) is 1.60. The number of nitrogens with zero attached hydrogens (tertiary/aromatic N) is 1. The Balaban J connectivity index is 1.47. The summed E-state index contributed by atoms with van der Waals surface area (Å²) in [4.78, 5) is 15.4. The fourth-order valence-corrected chi connectivity index (χ4v) is 6.27. The molecule has 2 aliphatic rings. The highest BCUT2D eigenvalue weighted by Gasteiger charge is 2.49. The molecule has 0 amide bonds. The summed E-state index contributed by atoms with van der Waals surface area (Å²) in [5.41, 5.74) is 3.01. The lowest BCUT2D eigenvalue weighted by molar-refractivity contribution is -0.143. The zero-order valence-electron chi connectivity index (χ0n) is 23.6. The molecule has 216 valence electrons. The number of halogens is 3. The maximum absolute atomic E-state index is 13.4. The minimum absolute atomic E-state index is 0.224. The van der Waals surface area contributed by atoms with Crippen molar-refractivity contribution in [2.24, 2.45) is 11.3 Å². The van der Waals surface area contributed by atoms with E-state index in [4.69, 9.17) is 9.47 Å². The Morgan fingerprint density at radius 1 is 1.12 bits per heavy atom. The number of benzene rings is 2. The number of aryl methyl sites for hydroxylation is 1. The van der Waals surface area contributed by atoms with Gasteiger partial charge in [-0.25, -0.2) is 0 Å². The average molecular weight is 566 g/mol. The van der Waals surface area contributed by atoms with Crippen LogP contribution in [0.25, 0.3) is 11.1 Å². The van der Waals surface area contributed by atoms with Crippen molar-refractivity contribution < 1.29 is 32.5 Å². The van der Waals surface area contributed by atoms with Crippen molar-refractivity contribution in [3.05, 3.63) is 94.8 Å². The molecule has 8 heteroatoms. The second-order valence-corrected chi connectivity index (χ2v) is 12.0. The molecule has 41 heavy (non-hydrogen) atoms. The van der Waals surface area contributed by atoms with Crippen LogP contribution < -0.4 is 4.74 Å². The van der Waals surface area contributed by atoms with Crippen molar-refractivity contribution in [2.45, 2.75) is 64.3 Å². The highest BCUT2D eigenvalue weighted by Crippen LogP contribution is 2.51. The van der Waals surface area contributed by atoms with Gasteiger partial charge in [-0.15, -0.1) is 0 Å². The minimum Gasteiger partial charge on any atom is -0.489 e. The van der Waals surface area contributed by atoms with Crippen LogP contribution in [0.5, 0.6) is 5.75 Å². The number of methoxy groups -OCH3 is 1. The van der Waals surface area contributed by atoms with Gasteiger partial charge in [0.15, 0.2) is 0 Å². The maximum Gasteiger partial charge on any atom is 0.433 e. The Bertz CT molecular complexity index is 1490. The molecule has 0 aliphatic heterocycles. The first-order valence-electron chi connectivity index (χ1n) is 13.7. The van der Waals surface area contributed by atoms with Gasteiger partial charge in [0, 0.05) is 18.7 Å². The first-order chi connectivity index (χ1) is 19.3. The lowest BCUT2D eigenvalue weighted by Gasteiger charge is -2.45. The zero-order chi connectivity index (χ0) is 29.6. The number of carbonyl (C=O) groups is 1. The van der Waals surface area contributed by atoms with E-state index in [-0.39, 0.29) is 12.0 Å². The second-order valence-electron chi connectivity index (χ2n) is 12.0. The van der Waals surface area contributed by atoms with E-state index in [1.807, 2.05) is 57.2 Å². The summed E-state index contributed by atoms with van der Waals surface area (Å²) >= 11 is 0. The standard InChI is InChI=1S/C33H34F3NO4/c1-31(2,3)29(40-4)25-16-20(7-10-24(25)22-12-15-37-28(17-22)33(34,35)36)19-41-23-9-8-21-6-5-13-32(27(21)18-23)14-11-26(32)30(38)39/h7-12,14-18,26,29H,5-6,13,19H2,1-4H3,(H,38,39)/t26-,29-,32+/m1/s1. The van der Waals surface area contributed by atoms with Gasteiger partial charge < -0.3 is 14.6 Å². The van der Waals surface area contributed by atoms with Crippen LogP contribution in [0.1, 0.15) is 67.7 Å². The molecule has 2 aliphatic carbocycles. The van der Waals surface area contributed by atoms with Crippen LogP contribution in [-0.2, 0) is 34.2 Å². The topological polar surface area (TPSA) is 68.7 Å². The highest BCUT2D eigenvalue weighted by molar-refractivity contribution is 5.79. The molecule has 0 radical (unpaired) electrons. The lowest BCUT2D eigenvalue weighted by Crippen LogP contribution is -2.45. The van der Waals surface area contributed by atoms with E-state index < -0.39 is 35.3 Å². The Morgan fingerprint density at radius 2 is 1.90 bits per heavy atom. The average Bonchev–Trinajstić information content (AvgIpc) is 2.90. The number of aliphatic carboxylic acids is 1. The first-order valence-corrected chi connectivity index (χ1v) is 13.7. The van der Waals surface area contributed by atoms with Gasteiger partial charge in [-0.1, -0.05) is 51.1 Å². The molecule has 3 atom stereocenters. The zero-order valence-corrected chi connectivity index (χ0v) is 23.6. The molecule has 1 N–H and O–H groups in total. The molecule has 0 unspecified atom stereocenters. The number of pyridine rings is 1. The van der Waals surface area contributed by atoms with E-state index in [9.17, 15) is 23.1 Å². The second kappa shape index (κ2) is 10.6. The molecule has 1 heterocycles. The summed E-state index contributed by atoms with van der Waals surface area (Å²) < 4.78 is 52.4. The maximum atomic E-state index is 13.4. The van der Waals surface area contributed by atoms with Crippen LogP contribution in [0, 0.1) is 11.3 Å². The van der Waals surface area contributed by atoms with Crippen LogP contribution in [0.15, 0.2) is 66.9 Å². The van der Waals surface area contributed by atoms with Crippen molar-refractivity contribution in [2.75, 3.05) is 7.11 Å². The number of alkyl halides is 3. The van der Waals surface area contributed by atoms with Crippen LogP contribution in [0.4, 0.5) is 13.2 Å². The number of fused-ring (bicyclic) bond motifs is 2. The Kier molecular flexibility index (Phi) is 7.49. The Labute approximate surface area is 238 Å². The predicted molar refractivity (Wildman–Crippen MR) is 150 cm³/mol. The molecule has 2 aromatic carbocycles. The van der Waals surface area contributed by atoms with Gasteiger partial charge in [-0.3, -0.25) is 9.78 Å². The smallest absolute Gasteiger partial charge is 0.433 e. The molecule has 3 aromatic rings. The lowest BCUT2D eigenvalue weighted by atomic mass is 9.57. The number of aromatic nitrogens is 1. The summed E-state index contributed by atoms with van der Waals surface area (Å²) in [6.45, 7) is 6.28. The van der Waals surface area contributed by atoms with Crippen molar-refractivity contribution in [1.29, 1.82) is 0 Å². The normalized spacial score (nSPS) is 20.8. The quantitative estimate of drug-likeness (QED) is 0.295. The minimum atomic E-state index is -4.55. The number of rotatable bonds is 7. The van der Waals surface area contributed by atoms with E-state index in [0.717, 1.165) is 47.6 Å². The highest BCUT2D eigenvalue weighted by atomic mass is 19.4. The molecule has 1 aromatic heterocycles. The van der Waals surface area contributed by atoms with Gasteiger partial charge >= 0.3 is 12.1 Å². The summed E-state index contributed by atoms with van der Waals surface area (Å²) in [5.74, 6) is -0.716. The van der Waals surface area contributed by atoms with Gasteiger partial charge in [0.05, 0.1) is 12.0 Å². The van der Waals surface area contributed by atoms with Gasteiger partial charge in [-0.05, 0) is 88.4 Å².